The highest BCUT2D eigenvalue weighted by Gasteiger charge is 2.33. The van der Waals surface area contributed by atoms with Gasteiger partial charge in [0, 0.05) is 30.0 Å². The number of ether oxygens (including phenoxy) is 2. The lowest BCUT2D eigenvalue weighted by atomic mass is 9.80. The van der Waals surface area contributed by atoms with Crippen molar-refractivity contribution < 1.29 is 27.1 Å². The normalized spacial score (nSPS) is 16.8. The Kier molecular flexibility index (Phi) is 6.62. The number of aryl methyl sites for hydroxylation is 1. The summed E-state index contributed by atoms with van der Waals surface area (Å²) in [6, 6.07) is 4.58. The van der Waals surface area contributed by atoms with E-state index in [1.165, 1.54) is 12.1 Å². The Bertz CT molecular complexity index is 971. The molecule has 2 heterocycles. The van der Waals surface area contributed by atoms with E-state index in [1.807, 2.05) is 0 Å². The van der Waals surface area contributed by atoms with E-state index in [0.29, 0.717) is 29.7 Å². The van der Waals surface area contributed by atoms with Crippen molar-refractivity contribution in [2.45, 2.75) is 31.6 Å². The van der Waals surface area contributed by atoms with Crippen molar-refractivity contribution in [3.05, 3.63) is 29.5 Å². The zero-order chi connectivity index (χ0) is 21.1. The van der Waals surface area contributed by atoms with Gasteiger partial charge >= 0.3 is 5.97 Å². The number of sulfonamides is 1. The third-order valence-corrected chi connectivity index (χ3v) is 6.83. The fraction of sp³-hybridized carbons (Fsp3) is 0.550. The van der Waals surface area contributed by atoms with E-state index in [4.69, 9.17) is 13.9 Å². The van der Waals surface area contributed by atoms with Gasteiger partial charge in [-0.05, 0) is 58.0 Å². The quantitative estimate of drug-likeness (QED) is 0.626. The molecule has 29 heavy (non-hydrogen) atoms. The smallest absolute Gasteiger partial charge is 0.374 e. The number of piperidine rings is 1. The van der Waals surface area contributed by atoms with Crippen LogP contribution in [0.4, 0.5) is 0 Å². The Morgan fingerprint density at radius 3 is 2.69 bits per heavy atom. The molecule has 2 N–H and O–H groups in total. The van der Waals surface area contributed by atoms with Gasteiger partial charge in [0.2, 0.25) is 15.8 Å². The number of hydrogen-bond donors (Lipinski definition) is 2. The van der Waals surface area contributed by atoms with Crippen molar-refractivity contribution in [3.63, 3.8) is 0 Å². The third kappa shape index (κ3) is 4.63. The van der Waals surface area contributed by atoms with Crippen LogP contribution in [0.15, 0.2) is 27.5 Å². The molecule has 0 atom stereocenters. The molecule has 3 rings (SSSR count). The maximum atomic E-state index is 12.9. The predicted molar refractivity (Wildman–Crippen MR) is 109 cm³/mol. The molecule has 160 valence electrons. The second kappa shape index (κ2) is 8.83. The van der Waals surface area contributed by atoms with E-state index < -0.39 is 16.0 Å². The van der Waals surface area contributed by atoms with Crippen LogP contribution in [0.1, 0.15) is 35.9 Å². The molecule has 1 fully saturated rings. The number of carbonyl (C=O) groups excluding carboxylic acids is 1. The minimum Gasteiger partial charge on any atom is -0.460 e. The summed E-state index contributed by atoms with van der Waals surface area (Å²) in [5, 5.41) is 3.87. The third-order valence-electron chi connectivity index (χ3n) is 5.43. The summed E-state index contributed by atoms with van der Waals surface area (Å²) in [6.07, 6.45) is 1.68. The molecule has 0 spiro atoms. The highest BCUT2D eigenvalue weighted by Crippen LogP contribution is 2.30. The summed E-state index contributed by atoms with van der Waals surface area (Å²) < 4.78 is 44.5. The lowest BCUT2D eigenvalue weighted by Gasteiger charge is -2.37. The van der Waals surface area contributed by atoms with Gasteiger partial charge < -0.3 is 19.2 Å². The van der Waals surface area contributed by atoms with E-state index in [2.05, 4.69) is 10.0 Å². The van der Waals surface area contributed by atoms with E-state index in [1.54, 1.807) is 27.0 Å². The Labute approximate surface area is 171 Å². The topological polar surface area (TPSA) is 107 Å². The highest BCUT2D eigenvalue weighted by molar-refractivity contribution is 7.89. The van der Waals surface area contributed by atoms with Crippen LogP contribution in [-0.2, 0) is 19.5 Å². The van der Waals surface area contributed by atoms with Gasteiger partial charge in [-0.3, -0.25) is 0 Å². The molecule has 0 bridgehead atoms. The number of nitrogens with one attached hydrogen (secondary N) is 2. The number of fused-ring (bicyclic) bond motifs is 1. The lowest BCUT2D eigenvalue weighted by Crippen LogP contribution is -2.47. The van der Waals surface area contributed by atoms with Gasteiger partial charge in [0.25, 0.3) is 0 Å². The minimum absolute atomic E-state index is 0.0955. The molecule has 1 aliphatic rings. The number of furan rings is 1. The monoisotopic (exact) mass is 424 g/mol. The van der Waals surface area contributed by atoms with Gasteiger partial charge in [-0.1, -0.05) is 0 Å². The van der Waals surface area contributed by atoms with Crippen LogP contribution in [0.25, 0.3) is 11.0 Å². The predicted octanol–water partition coefficient (Wildman–Crippen LogP) is 2.21. The van der Waals surface area contributed by atoms with Crippen molar-refractivity contribution >= 4 is 27.0 Å². The number of methoxy groups -OCH3 is 1. The van der Waals surface area contributed by atoms with Crippen LogP contribution in [0.5, 0.6) is 0 Å². The highest BCUT2D eigenvalue weighted by atomic mass is 32.2. The fourth-order valence-electron chi connectivity index (χ4n) is 3.73. The van der Waals surface area contributed by atoms with Crippen molar-refractivity contribution in [1.29, 1.82) is 0 Å². The van der Waals surface area contributed by atoms with Gasteiger partial charge in [-0.15, -0.1) is 0 Å². The number of carbonyl (C=O) groups is 1. The molecular formula is C20H28N2O6S. The second-order valence-electron chi connectivity index (χ2n) is 7.44. The molecular weight excluding hydrogens is 396 g/mol. The van der Waals surface area contributed by atoms with Crippen LogP contribution in [0, 0.1) is 12.3 Å². The number of esters is 1. The van der Waals surface area contributed by atoms with E-state index in [9.17, 15) is 13.2 Å². The molecule has 1 aromatic heterocycles. The van der Waals surface area contributed by atoms with Gasteiger partial charge in [-0.25, -0.2) is 17.9 Å². The van der Waals surface area contributed by atoms with Crippen LogP contribution in [0.3, 0.4) is 0 Å². The number of hydrogen-bond acceptors (Lipinski definition) is 7. The van der Waals surface area contributed by atoms with Gasteiger partial charge in [0.05, 0.1) is 18.1 Å². The molecule has 0 amide bonds. The van der Waals surface area contributed by atoms with Crippen LogP contribution in [-0.4, -0.2) is 54.3 Å². The molecule has 2 aromatic rings. The first-order valence-electron chi connectivity index (χ1n) is 9.71. The summed E-state index contributed by atoms with van der Waals surface area (Å²) in [5.74, 6) is -0.464. The summed E-state index contributed by atoms with van der Waals surface area (Å²) in [6.45, 7) is 6.14. The van der Waals surface area contributed by atoms with Crippen LogP contribution < -0.4 is 10.0 Å². The van der Waals surface area contributed by atoms with Crippen LogP contribution >= 0.6 is 0 Å². The van der Waals surface area contributed by atoms with Crippen molar-refractivity contribution in [3.8, 4) is 0 Å². The molecule has 9 heteroatoms. The van der Waals surface area contributed by atoms with Crippen LogP contribution in [0.2, 0.25) is 0 Å². The summed E-state index contributed by atoms with van der Waals surface area (Å²) in [4.78, 5) is 12.2. The average molecular weight is 425 g/mol. The Morgan fingerprint density at radius 2 is 2.03 bits per heavy atom. The zero-order valence-corrected chi connectivity index (χ0v) is 17.9. The molecule has 1 aliphatic heterocycles. The van der Waals surface area contributed by atoms with Gasteiger partial charge in [-0.2, -0.15) is 0 Å². The first kappa shape index (κ1) is 21.8. The number of rotatable bonds is 8. The standard InChI is InChI=1S/C20H28N2O6S/c1-4-27-19(23)18-14(2)16-11-15(5-6-17(16)28-18)29(24,25)22-12-20(13-26-3)7-9-21-10-8-20/h5-6,11,21-22H,4,7-10,12-13H2,1-3H3. The summed E-state index contributed by atoms with van der Waals surface area (Å²) in [5.41, 5.74) is 0.781. The van der Waals surface area contributed by atoms with E-state index in [-0.39, 0.29) is 22.7 Å². The molecule has 0 saturated carbocycles. The maximum Gasteiger partial charge on any atom is 0.374 e. The second-order valence-corrected chi connectivity index (χ2v) is 9.21. The Hall–Kier alpha value is -1.94. The van der Waals surface area contributed by atoms with E-state index >= 15 is 0 Å². The molecule has 0 unspecified atom stereocenters. The van der Waals surface area contributed by atoms with E-state index in [0.717, 1.165) is 25.9 Å². The molecule has 8 nitrogen and oxygen atoms in total. The molecule has 0 aliphatic carbocycles. The SMILES string of the molecule is CCOC(=O)c1oc2ccc(S(=O)(=O)NCC3(COC)CCNCC3)cc2c1C. The Balaban J connectivity index is 1.84. The molecule has 1 aromatic carbocycles. The molecule has 1 saturated heterocycles. The first-order valence-corrected chi connectivity index (χ1v) is 11.2. The Morgan fingerprint density at radius 1 is 1.31 bits per heavy atom. The van der Waals surface area contributed by atoms with Crippen molar-refractivity contribution in [1.82, 2.24) is 10.0 Å². The molecule has 0 radical (unpaired) electrons. The van der Waals surface area contributed by atoms with Crippen molar-refractivity contribution in [2.24, 2.45) is 5.41 Å². The lowest BCUT2D eigenvalue weighted by molar-refractivity contribution is 0.0491. The largest absolute Gasteiger partial charge is 0.460 e. The minimum atomic E-state index is -3.73. The average Bonchev–Trinajstić information content (AvgIpc) is 3.04. The summed E-state index contributed by atoms with van der Waals surface area (Å²) >= 11 is 0. The zero-order valence-electron chi connectivity index (χ0n) is 17.0. The van der Waals surface area contributed by atoms with Crippen molar-refractivity contribution in [2.75, 3.05) is 40.0 Å². The van der Waals surface area contributed by atoms with Gasteiger partial charge in [0.1, 0.15) is 5.58 Å². The fourth-order valence-corrected chi connectivity index (χ4v) is 4.91. The van der Waals surface area contributed by atoms with Gasteiger partial charge in [0.15, 0.2) is 0 Å². The number of benzene rings is 1. The summed E-state index contributed by atoms with van der Waals surface area (Å²) in [7, 11) is -2.10. The first-order chi connectivity index (χ1) is 13.8. The maximum absolute atomic E-state index is 12.9.